The van der Waals surface area contributed by atoms with Gasteiger partial charge in [0.05, 0.1) is 6.54 Å². The summed E-state index contributed by atoms with van der Waals surface area (Å²) in [5.41, 5.74) is -1.02. The second-order valence-corrected chi connectivity index (χ2v) is 5.78. The van der Waals surface area contributed by atoms with Crippen LogP contribution in [-0.2, 0) is 12.0 Å². The van der Waals surface area contributed by atoms with Gasteiger partial charge < -0.3 is 20.2 Å². The zero-order valence-electron chi connectivity index (χ0n) is 13.5. The van der Waals surface area contributed by atoms with E-state index in [1.165, 1.54) is 19.1 Å². The molecule has 1 atom stereocenters. The van der Waals surface area contributed by atoms with Crippen LogP contribution in [0.3, 0.4) is 0 Å². The van der Waals surface area contributed by atoms with Gasteiger partial charge in [-0.3, -0.25) is 0 Å². The lowest BCUT2D eigenvalue weighted by molar-refractivity contribution is 0.0360. The quantitative estimate of drug-likeness (QED) is 0.758. The number of halogens is 2. The van der Waals surface area contributed by atoms with Gasteiger partial charge in [0.15, 0.2) is 0 Å². The highest BCUT2D eigenvalue weighted by Crippen LogP contribution is 2.21. The van der Waals surface area contributed by atoms with Crippen LogP contribution in [0.2, 0.25) is 0 Å². The Kier molecular flexibility index (Phi) is 5.56. The third kappa shape index (κ3) is 4.79. The summed E-state index contributed by atoms with van der Waals surface area (Å²) in [5.74, 6) is -0.268. The Hall–Kier alpha value is -2.41. The maximum atomic E-state index is 13.5. The minimum atomic E-state index is -1.34. The summed E-state index contributed by atoms with van der Waals surface area (Å²) in [4.78, 5) is 11.7. The Morgan fingerprint density at radius 3 is 2.62 bits per heavy atom. The number of hydrogen-bond acceptors (Lipinski definition) is 3. The smallest absolute Gasteiger partial charge is 0.314 e. The number of aryl methyl sites for hydroxylation is 1. The lowest BCUT2D eigenvalue weighted by Gasteiger charge is -2.21. The predicted molar refractivity (Wildman–Crippen MR) is 84.5 cm³/mol. The van der Waals surface area contributed by atoms with Crippen molar-refractivity contribution in [3.8, 4) is 0 Å². The van der Waals surface area contributed by atoms with Crippen LogP contribution in [0.1, 0.15) is 24.0 Å². The molecule has 2 rings (SSSR count). The highest BCUT2D eigenvalue weighted by atomic mass is 19.1. The first-order valence-corrected chi connectivity index (χ1v) is 7.53. The average Bonchev–Trinajstić information content (AvgIpc) is 2.95. The van der Waals surface area contributed by atoms with Crippen molar-refractivity contribution in [2.24, 2.45) is 0 Å². The molecular formula is C17H20F2N2O3. The molecule has 0 bridgehead atoms. The summed E-state index contributed by atoms with van der Waals surface area (Å²) in [7, 11) is 0. The molecule has 1 aromatic carbocycles. The fourth-order valence-corrected chi connectivity index (χ4v) is 2.16. The molecule has 0 aliphatic carbocycles. The predicted octanol–water partition coefficient (Wildman–Crippen LogP) is 2.62. The molecule has 1 heterocycles. The molecule has 0 saturated carbocycles. The van der Waals surface area contributed by atoms with Gasteiger partial charge in [0, 0.05) is 12.6 Å². The molecule has 2 aromatic rings. The number of furan rings is 1. The third-order valence-electron chi connectivity index (χ3n) is 3.56. The lowest BCUT2D eigenvalue weighted by Crippen LogP contribution is -2.43. The largest absolute Gasteiger partial charge is 0.463 e. The van der Waals surface area contributed by atoms with Crippen molar-refractivity contribution in [3.63, 3.8) is 0 Å². The molecule has 3 N–H and O–H groups in total. The van der Waals surface area contributed by atoms with Crippen LogP contribution in [0.4, 0.5) is 13.6 Å². The van der Waals surface area contributed by atoms with Gasteiger partial charge in [-0.15, -0.1) is 0 Å². The first kappa shape index (κ1) is 17.9. The molecule has 1 aromatic heterocycles. The second kappa shape index (κ2) is 7.44. The average molecular weight is 338 g/mol. The topological polar surface area (TPSA) is 74.5 Å². The molecule has 2 amide bonds. The van der Waals surface area contributed by atoms with Gasteiger partial charge in [-0.25, -0.2) is 13.6 Å². The van der Waals surface area contributed by atoms with Crippen LogP contribution >= 0.6 is 0 Å². The molecule has 130 valence electrons. The van der Waals surface area contributed by atoms with Gasteiger partial charge in [-0.1, -0.05) is 6.07 Å². The highest BCUT2D eigenvalue weighted by Gasteiger charge is 2.27. The minimum Gasteiger partial charge on any atom is -0.463 e. The van der Waals surface area contributed by atoms with Gasteiger partial charge in [-0.05, 0) is 44.0 Å². The molecule has 0 aliphatic heterocycles. The van der Waals surface area contributed by atoms with Crippen LogP contribution in [0, 0.1) is 18.6 Å². The number of urea groups is 1. The summed E-state index contributed by atoms with van der Waals surface area (Å²) in [6, 6.07) is 6.18. The first-order valence-electron chi connectivity index (χ1n) is 7.53. The summed E-state index contributed by atoms with van der Waals surface area (Å²) < 4.78 is 31.6. The van der Waals surface area contributed by atoms with E-state index in [1.807, 2.05) is 0 Å². The zero-order chi connectivity index (χ0) is 17.7. The molecule has 1 unspecified atom stereocenters. The van der Waals surface area contributed by atoms with Crippen LogP contribution < -0.4 is 10.6 Å². The van der Waals surface area contributed by atoms with Crippen molar-refractivity contribution in [3.05, 3.63) is 59.1 Å². The fraction of sp³-hybridized carbons (Fsp3) is 0.353. The highest BCUT2D eigenvalue weighted by molar-refractivity contribution is 5.73. The van der Waals surface area contributed by atoms with Crippen LogP contribution in [0.25, 0.3) is 0 Å². The van der Waals surface area contributed by atoms with Crippen LogP contribution in [0.15, 0.2) is 34.7 Å². The summed E-state index contributed by atoms with van der Waals surface area (Å²) >= 11 is 0. The molecule has 0 saturated heterocycles. The fourth-order valence-electron chi connectivity index (χ4n) is 2.16. The molecule has 5 nitrogen and oxygen atoms in total. The first-order chi connectivity index (χ1) is 11.3. The van der Waals surface area contributed by atoms with Crippen molar-refractivity contribution in [2.45, 2.75) is 25.9 Å². The number of hydrogen-bond donors (Lipinski definition) is 3. The van der Waals surface area contributed by atoms with Gasteiger partial charge in [0.1, 0.15) is 28.8 Å². The number of benzene rings is 1. The zero-order valence-corrected chi connectivity index (χ0v) is 13.5. The molecule has 0 aliphatic rings. The van der Waals surface area contributed by atoms with Crippen LogP contribution in [-0.4, -0.2) is 24.2 Å². The normalized spacial score (nSPS) is 13.4. The molecule has 0 spiro atoms. The van der Waals surface area contributed by atoms with Gasteiger partial charge in [-0.2, -0.15) is 0 Å². The standard InChI is InChI=1S/C17H20F2N2O3/c1-11-3-6-15(24-11)17(2,23)10-21-16(22)20-8-7-12-4-5-13(18)9-14(12)19/h3-6,9,23H,7-8,10H2,1-2H3,(H2,20,21,22). The van der Waals surface area contributed by atoms with Crippen molar-refractivity contribution in [2.75, 3.05) is 13.1 Å². The van der Waals surface area contributed by atoms with Crippen molar-refractivity contribution >= 4 is 6.03 Å². The SMILES string of the molecule is Cc1ccc(C(C)(O)CNC(=O)NCCc2ccc(F)cc2F)o1. The monoisotopic (exact) mass is 338 g/mol. The Labute approximate surface area is 138 Å². The molecule has 0 radical (unpaired) electrons. The third-order valence-corrected chi connectivity index (χ3v) is 3.56. The number of aliphatic hydroxyl groups is 1. The van der Waals surface area contributed by atoms with E-state index in [0.717, 1.165) is 6.07 Å². The van der Waals surface area contributed by atoms with Crippen LogP contribution in [0.5, 0.6) is 0 Å². The van der Waals surface area contributed by atoms with E-state index in [4.69, 9.17) is 4.42 Å². The summed E-state index contributed by atoms with van der Waals surface area (Å²) in [6.45, 7) is 3.42. The van der Waals surface area contributed by atoms with E-state index < -0.39 is 23.3 Å². The molecular weight excluding hydrogens is 318 g/mol. The van der Waals surface area contributed by atoms with Crippen molar-refractivity contribution < 1.29 is 23.1 Å². The van der Waals surface area contributed by atoms with E-state index in [1.54, 1.807) is 19.1 Å². The number of rotatable bonds is 6. The molecule has 7 heteroatoms. The number of nitrogens with one attached hydrogen (secondary N) is 2. The summed E-state index contributed by atoms with van der Waals surface area (Å²) in [6.07, 6.45) is 0.229. The molecule has 0 fully saturated rings. The second-order valence-electron chi connectivity index (χ2n) is 5.78. The number of amides is 2. The number of carbonyl (C=O) groups is 1. The molecule has 24 heavy (non-hydrogen) atoms. The Morgan fingerprint density at radius 1 is 1.25 bits per heavy atom. The van der Waals surface area contributed by atoms with E-state index in [-0.39, 0.29) is 19.5 Å². The van der Waals surface area contributed by atoms with Gasteiger partial charge in [0.25, 0.3) is 0 Å². The lowest BCUT2D eigenvalue weighted by atomic mass is 10.0. The van der Waals surface area contributed by atoms with Crippen molar-refractivity contribution in [1.29, 1.82) is 0 Å². The Balaban J connectivity index is 1.77. The number of carbonyl (C=O) groups excluding carboxylic acids is 1. The van der Waals surface area contributed by atoms with Gasteiger partial charge in [0.2, 0.25) is 0 Å². The van der Waals surface area contributed by atoms with Crippen molar-refractivity contribution in [1.82, 2.24) is 10.6 Å². The Morgan fingerprint density at radius 2 is 2.00 bits per heavy atom. The van der Waals surface area contributed by atoms with E-state index in [0.29, 0.717) is 17.1 Å². The summed E-state index contributed by atoms with van der Waals surface area (Å²) in [5, 5.41) is 15.4. The maximum Gasteiger partial charge on any atom is 0.314 e. The van der Waals surface area contributed by atoms with E-state index >= 15 is 0 Å². The maximum absolute atomic E-state index is 13.5. The van der Waals surface area contributed by atoms with E-state index in [2.05, 4.69) is 10.6 Å². The minimum absolute atomic E-state index is 0.0449. The Bertz CT molecular complexity index is 714. The van der Waals surface area contributed by atoms with Gasteiger partial charge >= 0.3 is 6.03 Å². The van der Waals surface area contributed by atoms with E-state index in [9.17, 15) is 18.7 Å².